The Morgan fingerprint density at radius 1 is 1.26 bits per heavy atom. The number of amides is 1. The van der Waals surface area contributed by atoms with Crippen molar-refractivity contribution in [2.75, 3.05) is 43.4 Å². The Morgan fingerprint density at radius 3 is 2.83 bits per heavy atom. The van der Waals surface area contributed by atoms with Crippen LogP contribution in [0.4, 0.5) is 10.8 Å². The van der Waals surface area contributed by atoms with Crippen molar-refractivity contribution in [3.63, 3.8) is 0 Å². The molecule has 0 saturated carbocycles. The van der Waals surface area contributed by atoms with Gasteiger partial charge in [0.15, 0.2) is 5.13 Å². The van der Waals surface area contributed by atoms with Crippen LogP contribution in [0.1, 0.15) is 18.4 Å². The summed E-state index contributed by atoms with van der Waals surface area (Å²) < 4.78 is 0. The fourth-order valence-corrected chi connectivity index (χ4v) is 4.00. The summed E-state index contributed by atoms with van der Waals surface area (Å²) >= 11 is 1.70. The lowest BCUT2D eigenvalue weighted by Crippen LogP contribution is -2.44. The summed E-state index contributed by atoms with van der Waals surface area (Å²) in [6.07, 6.45) is 0. The summed E-state index contributed by atoms with van der Waals surface area (Å²) in [5.41, 5.74) is 4.09. The molecule has 2 aromatic rings. The first-order valence-electron chi connectivity index (χ1n) is 7.96. The molecule has 1 aromatic heterocycles. The first-order chi connectivity index (χ1) is 11.1. The number of piperazine rings is 1. The molecule has 1 amide bonds. The summed E-state index contributed by atoms with van der Waals surface area (Å²) in [6, 6.07) is 6.13. The molecule has 6 heteroatoms. The van der Waals surface area contributed by atoms with E-state index in [1.807, 2.05) is 19.1 Å². The molecule has 2 aliphatic heterocycles. The molecular formula is C17H20N4OS. The number of hydrogen-bond donors (Lipinski definition) is 1. The van der Waals surface area contributed by atoms with Crippen LogP contribution in [-0.2, 0) is 4.79 Å². The van der Waals surface area contributed by atoms with E-state index in [0.29, 0.717) is 0 Å². The van der Waals surface area contributed by atoms with E-state index in [1.54, 1.807) is 11.3 Å². The highest BCUT2D eigenvalue weighted by atomic mass is 32.1. The minimum atomic E-state index is -0.0827. The topological polar surface area (TPSA) is 48.5 Å². The smallest absolute Gasteiger partial charge is 0.231 e. The third-order valence-electron chi connectivity index (χ3n) is 4.73. The SMILES string of the molecule is C[C@H]1C(=O)Nc2ccc(-c3csc(N4CCN(C)CC4)n3)cc21. The number of carbonyl (C=O) groups excluding carboxylic acids is 1. The van der Waals surface area contributed by atoms with E-state index in [-0.39, 0.29) is 11.8 Å². The maximum atomic E-state index is 11.8. The number of hydrogen-bond acceptors (Lipinski definition) is 5. The van der Waals surface area contributed by atoms with Gasteiger partial charge in [-0.3, -0.25) is 4.79 Å². The standard InChI is InChI=1S/C17H20N4OS/c1-11-13-9-12(3-4-14(13)18-16(11)22)15-10-23-17(19-15)21-7-5-20(2)6-8-21/h3-4,9-11H,5-8H2,1-2H3,(H,18,22)/t11-/m1/s1. The van der Waals surface area contributed by atoms with Crippen LogP contribution in [0.3, 0.4) is 0 Å². The van der Waals surface area contributed by atoms with Gasteiger partial charge in [0.2, 0.25) is 5.91 Å². The predicted octanol–water partition coefficient (Wildman–Crippen LogP) is 2.62. The molecule has 23 heavy (non-hydrogen) atoms. The maximum Gasteiger partial charge on any atom is 0.231 e. The average Bonchev–Trinajstić information content (AvgIpc) is 3.14. The lowest BCUT2D eigenvalue weighted by molar-refractivity contribution is -0.116. The van der Waals surface area contributed by atoms with Crippen LogP contribution in [0, 0.1) is 0 Å². The van der Waals surface area contributed by atoms with Crippen molar-refractivity contribution < 1.29 is 4.79 Å². The van der Waals surface area contributed by atoms with E-state index in [4.69, 9.17) is 4.98 Å². The first kappa shape index (κ1) is 14.7. The van der Waals surface area contributed by atoms with E-state index < -0.39 is 0 Å². The summed E-state index contributed by atoms with van der Waals surface area (Å²) in [7, 11) is 2.16. The molecule has 5 nitrogen and oxygen atoms in total. The van der Waals surface area contributed by atoms with Crippen LogP contribution >= 0.6 is 11.3 Å². The number of fused-ring (bicyclic) bond motifs is 1. The molecule has 2 aliphatic rings. The Hall–Kier alpha value is -1.92. The fourth-order valence-electron chi connectivity index (χ4n) is 3.12. The van der Waals surface area contributed by atoms with E-state index in [9.17, 15) is 4.79 Å². The Morgan fingerprint density at radius 2 is 2.04 bits per heavy atom. The molecule has 0 aliphatic carbocycles. The van der Waals surface area contributed by atoms with Crippen molar-refractivity contribution in [1.82, 2.24) is 9.88 Å². The largest absolute Gasteiger partial charge is 0.346 e. The van der Waals surface area contributed by atoms with Gasteiger partial charge in [0.25, 0.3) is 0 Å². The molecule has 0 bridgehead atoms. The second-order valence-electron chi connectivity index (χ2n) is 6.32. The molecule has 0 unspecified atom stereocenters. The molecular weight excluding hydrogens is 308 g/mol. The zero-order valence-corrected chi connectivity index (χ0v) is 14.2. The Balaban J connectivity index is 1.59. The molecule has 0 spiro atoms. The molecule has 1 saturated heterocycles. The zero-order chi connectivity index (χ0) is 16.0. The number of thiazole rings is 1. The van der Waals surface area contributed by atoms with Crippen LogP contribution in [0.25, 0.3) is 11.3 Å². The predicted molar refractivity (Wildman–Crippen MR) is 94.3 cm³/mol. The highest BCUT2D eigenvalue weighted by molar-refractivity contribution is 7.14. The number of nitrogens with one attached hydrogen (secondary N) is 1. The van der Waals surface area contributed by atoms with Gasteiger partial charge in [-0.05, 0) is 31.7 Å². The molecule has 4 rings (SSSR count). The van der Waals surface area contributed by atoms with Gasteiger partial charge in [-0.15, -0.1) is 11.3 Å². The molecule has 0 radical (unpaired) electrons. The lowest BCUT2D eigenvalue weighted by Gasteiger charge is -2.32. The third kappa shape index (κ3) is 2.62. The van der Waals surface area contributed by atoms with Gasteiger partial charge in [0.05, 0.1) is 11.6 Å². The Kier molecular flexibility index (Phi) is 3.58. The summed E-state index contributed by atoms with van der Waals surface area (Å²) in [6.45, 7) is 6.17. The van der Waals surface area contributed by atoms with Gasteiger partial charge in [-0.25, -0.2) is 4.98 Å². The summed E-state index contributed by atoms with van der Waals surface area (Å²) in [4.78, 5) is 21.3. The normalized spacial score (nSPS) is 21.4. The number of benzene rings is 1. The lowest BCUT2D eigenvalue weighted by atomic mass is 10.00. The van der Waals surface area contributed by atoms with Crippen LogP contribution in [0.2, 0.25) is 0 Å². The van der Waals surface area contributed by atoms with Gasteiger partial charge < -0.3 is 15.1 Å². The quantitative estimate of drug-likeness (QED) is 0.921. The van der Waals surface area contributed by atoms with Gasteiger partial charge in [0.1, 0.15) is 0 Å². The fraction of sp³-hybridized carbons (Fsp3) is 0.412. The molecule has 3 heterocycles. The minimum Gasteiger partial charge on any atom is -0.346 e. The van der Waals surface area contributed by atoms with Crippen LogP contribution in [-0.4, -0.2) is 49.0 Å². The van der Waals surface area contributed by atoms with Crippen molar-refractivity contribution in [2.24, 2.45) is 0 Å². The van der Waals surface area contributed by atoms with E-state index in [1.165, 1.54) is 0 Å². The number of anilines is 2. The second kappa shape index (κ2) is 5.62. The Labute approximate surface area is 139 Å². The first-order valence-corrected chi connectivity index (χ1v) is 8.84. The highest BCUT2D eigenvalue weighted by Crippen LogP contribution is 2.36. The van der Waals surface area contributed by atoms with E-state index in [0.717, 1.165) is 53.8 Å². The average molecular weight is 328 g/mol. The number of aromatic nitrogens is 1. The van der Waals surface area contributed by atoms with Crippen molar-refractivity contribution in [3.05, 3.63) is 29.1 Å². The molecule has 1 aromatic carbocycles. The Bertz CT molecular complexity index is 749. The van der Waals surface area contributed by atoms with Crippen LogP contribution in [0.5, 0.6) is 0 Å². The molecule has 120 valence electrons. The van der Waals surface area contributed by atoms with Crippen molar-refractivity contribution in [3.8, 4) is 11.3 Å². The second-order valence-corrected chi connectivity index (χ2v) is 7.16. The number of likely N-dealkylation sites (N-methyl/N-ethyl adjacent to an activating group) is 1. The van der Waals surface area contributed by atoms with Gasteiger partial charge in [0, 0.05) is 42.8 Å². The van der Waals surface area contributed by atoms with Gasteiger partial charge in [-0.2, -0.15) is 0 Å². The van der Waals surface area contributed by atoms with Gasteiger partial charge in [-0.1, -0.05) is 6.07 Å². The van der Waals surface area contributed by atoms with Gasteiger partial charge >= 0.3 is 0 Å². The van der Waals surface area contributed by atoms with Crippen LogP contribution in [0.15, 0.2) is 23.6 Å². The highest BCUT2D eigenvalue weighted by Gasteiger charge is 2.27. The summed E-state index contributed by atoms with van der Waals surface area (Å²) in [5, 5.41) is 6.13. The number of carbonyl (C=O) groups is 1. The van der Waals surface area contributed by atoms with Crippen molar-refractivity contribution >= 4 is 28.1 Å². The van der Waals surface area contributed by atoms with Crippen LogP contribution < -0.4 is 10.2 Å². The van der Waals surface area contributed by atoms with E-state index in [2.05, 4.69) is 33.6 Å². The molecule has 1 fully saturated rings. The monoisotopic (exact) mass is 328 g/mol. The number of nitrogens with zero attached hydrogens (tertiary/aromatic N) is 3. The maximum absolute atomic E-state index is 11.8. The number of rotatable bonds is 2. The molecule has 1 atom stereocenters. The summed E-state index contributed by atoms with van der Waals surface area (Å²) in [5.74, 6) is -0.00533. The van der Waals surface area contributed by atoms with Crippen molar-refractivity contribution in [1.29, 1.82) is 0 Å². The van der Waals surface area contributed by atoms with E-state index >= 15 is 0 Å². The zero-order valence-electron chi connectivity index (χ0n) is 13.4. The third-order valence-corrected chi connectivity index (χ3v) is 5.63. The molecule has 1 N–H and O–H groups in total. The minimum absolute atomic E-state index is 0.0774. The van der Waals surface area contributed by atoms with Crippen molar-refractivity contribution in [2.45, 2.75) is 12.8 Å².